The van der Waals surface area contributed by atoms with Crippen LogP contribution < -0.4 is 19.7 Å². The van der Waals surface area contributed by atoms with Crippen LogP contribution in [-0.4, -0.2) is 65.2 Å². The van der Waals surface area contributed by atoms with Gasteiger partial charge in [0.25, 0.3) is 0 Å². The Labute approximate surface area is 200 Å². The van der Waals surface area contributed by atoms with Crippen molar-refractivity contribution in [1.82, 2.24) is 10.2 Å². The number of aryl methyl sites for hydroxylation is 1. The highest BCUT2D eigenvalue weighted by molar-refractivity contribution is 7.92. The lowest BCUT2D eigenvalue weighted by Gasteiger charge is -2.29. The van der Waals surface area contributed by atoms with Crippen molar-refractivity contribution in [1.29, 1.82) is 0 Å². The van der Waals surface area contributed by atoms with Crippen LogP contribution in [0, 0.1) is 0 Å². The maximum absolute atomic E-state index is 12.5. The standard InChI is InChI=1S/C24H30N4O5S/c1-27(2)21(17-7-9-22-18(13-17)10-12-33-22)15-25-23(29)24(30)26-19-8-6-16-5-4-11-28(20(16)14-19)34(3,31)32/h6-9,13-14,21H,4-5,10-12,15H2,1-3H3,(H,25,29)(H,26,30)/t21-/m1/s1. The van der Waals surface area contributed by atoms with Gasteiger partial charge in [-0.15, -0.1) is 0 Å². The molecular weight excluding hydrogens is 456 g/mol. The predicted octanol–water partition coefficient (Wildman–Crippen LogP) is 1.69. The number of likely N-dealkylation sites (N-methyl/N-ethyl adjacent to an activating group) is 1. The second-order valence-corrected chi connectivity index (χ2v) is 10.8. The molecule has 10 heteroatoms. The lowest BCUT2D eigenvalue weighted by atomic mass is 10.0. The molecule has 0 radical (unpaired) electrons. The summed E-state index contributed by atoms with van der Waals surface area (Å²) in [7, 11) is 0.407. The molecule has 4 rings (SSSR count). The van der Waals surface area contributed by atoms with Gasteiger partial charge in [0, 0.05) is 25.2 Å². The van der Waals surface area contributed by atoms with Gasteiger partial charge < -0.3 is 20.3 Å². The lowest BCUT2D eigenvalue weighted by molar-refractivity contribution is -0.136. The highest BCUT2D eigenvalue weighted by Gasteiger charge is 2.25. The quantitative estimate of drug-likeness (QED) is 0.602. The highest BCUT2D eigenvalue weighted by atomic mass is 32.2. The number of carbonyl (C=O) groups excluding carboxylic acids is 2. The van der Waals surface area contributed by atoms with Crippen molar-refractivity contribution >= 4 is 33.2 Å². The Morgan fingerprint density at radius 2 is 1.88 bits per heavy atom. The third kappa shape index (κ3) is 5.18. The van der Waals surface area contributed by atoms with Gasteiger partial charge in [0.2, 0.25) is 10.0 Å². The topological polar surface area (TPSA) is 108 Å². The molecule has 0 fully saturated rings. The normalized spacial score (nSPS) is 15.8. The zero-order valence-corrected chi connectivity index (χ0v) is 20.4. The number of rotatable bonds is 6. The smallest absolute Gasteiger partial charge is 0.313 e. The molecule has 34 heavy (non-hydrogen) atoms. The molecule has 2 heterocycles. The van der Waals surface area contributed by atoms with Crippen LogP contribution >= 0.6 is 0 Å². The van der Waals surface area contributed by atoms with E-state index < -0.39 is 21.8 Å². The SMILES string of the molecule is CN(C)[C@H](CNC(=O)C(=O)Nc1ccc2c(c1)N(S(C)(=O)=O)CCC2)c1ccc2c(c1)CCO2. The minimum atomic E-state index is -3.43. The van der Waals surface area contributed by atoms with Crippen molar-refractivity contribution in [3.63, 3.8) is 0 Å². The zero-order valence-electron chi connectivity index (χ0n) is 19.6. The van der Waals surface area contributed by atoms with Crippen molar-refractivity contribution in [2.75, 3.05) is 49.7 Å². The van der Waals surface area contributed by atoms with E-state index in [0.29, 0.717) is 24.5 Å². The van der Waals surface area contributed by atoms with Gasteiger partial charge in [-0.3, -0.25) is 13.9 Å². The van der Waals surface area contributed by atoms with Crippen LogP contribution in [0.5, 0.6) is 5.75 Å². The Balaban J connectivity index is 1.41. The van der Waals surface area contributed by atoms with Gasteiger partial charge in [-0.2, -0.15) is 0 Å². The van der Waals surface area contributed by atoms with Crippen molar-refractivity contribution in [3.8, 4) is 5.75 Å². The molecule has 2 aliphatic heterocycles. The summed E-state index contributed by atoms with van der Waals surface area (Å²) in [5, 5.41) is 5.30. The fourth-order valence-electron chi connectivity index (χ4n) is 4.43. The third-order valence-corrected chi connectivity index (χ3v) is 7.38. The first-order valence-electron chi connectivity index (χ1n) is 11.3. The first-order valence-corrected chi connectivity index (χ1v) is 13.1. The number of hydrogen-bond acceptors (Lipinski definition) is 6. The molecule has 2 N–H and O–H groups in total. The summed E-state index contributed by atoms with van der Waals surface area (Å²) in [6.45, 7) is 1.32. The van der Waals surface area contributed by atoms with Crippen molar-refractivity contribution < 1.29 is 22.7 Å². The van der Waals surface area contributed by atoms with Crippen LogP contribution in [0.25, 0.3) is 0 Å². The Hall–Kier alpha value is -3.11. The molecule has 2 aliphatic rings. The molecule has 0 saturated carbocycles. The van der Waals surface area contributed by atoms with Crippen molar-refractivity contribution in [3.05, 3.63) is 53.1 Å². The molecule has 0 aromatic heterocycles. The molecule has 0 saturated heterocycles. The molecule has 9 nitrogen and oxygen atoms in total. The number of sulfonamides is 1. The van der Waals surface area contributed by atoms with E-state index in [4.69, 9.17) is 4.74 Å². The van der Waals surface area contributed by atoms with Gasteiger partial charge in [-0.05, 0) is 61.8 Å². The van der Waals surface area contributed by atoms with Gasteiger partial charge in [0.05, 0.1) is 24.6 Å². The van der Waals surface area contributed by atoms with Crippen LogP contribution in [0.1, 0.15) is 29.2 Å². The second kappa shape index (κ2) is 9.63. The molecule has 0 unspecified atom stereocenters. The number of benzene rings is 2. The largest absolute Gasteiger partial charge is 0.493 e. The predicted molar refractivity (Wildman–Crippen MR) is 131 cm³/mol. The Morgan fingerprint density at radius 3 is 2.62 bits per heavy atom. The molecule has 182 valence electrons. The van der Waals surface area contributed by atoms with E-state index in [9.17, 15) is 18.0 Å². The number of nitrogens with zero attached hydrogens (tertiary/aromatic N) is 2. The average molecular weight is 487 g/mol. The number of anilines is 2. The van der Waals surface area contributed by atoms with Gasteiger partial charge >= 0.3 is 11.8 Å². The number of fused-ring (bicyclic) bond motifs is 2. The first-order chi connectivity index (χ1) is 16.1. The average Bonchev–Trinajstić information content (AvgIpc) is 3.25. The molecule has 2 aromatic rings. The summed E-state index contributed by atoms with van der Waals surface area (Å²) >= 11 is 0. The van der Waals surface area contributed by atoms with Crippen LogP contribution in [-0.2, 0) is 32.5 Å². The van der Waals surface area contributed by atoms with E-state index in [1.807, 2.05) is 31.1 Å². The van der Waals surface area contributed by atoms with Crippen LogP contribution in [0.2, 0.25) is 0 Å². The minimum absolute atomic E-state index is 0.116. The van der Waals surface area contributed by atoms with Gasteiger partial charge in [0.1, 0.15) is 5.75 Å². The molecular formula is C24H30N4O5S. The number of nitrogens with one attached hydrogen (secondary N) is 2. The second-order valence-electron chi connectivity index (χ2n) is 8.89. The van der Waals surface area contributed by atoms with Crippen LogP contribution in [0.3, 0.4) is 0 Å². The first kappa shape index (κ1) is 24.0. The number of hydrogen-bond donors (Lipinski definition) is 2. The van der Waals surface area contributed by atoms with E-state index in [0.717, 1.165) is 48.0 Å². The summed E-state index contributed by atoms with van der Waals surface area (Å²) in [5.74, 6) is -0.667. The van der Waals surface area contributed by atoms with E-state index >= 15 is 0 Å². The summed E-state index contributed by atoms with van der Waals surface area (Å²) in [5.41, 5.74) is 3.99. The Kier molecular flexibility index (Phi) is 6.81. The highest BCUT2D eigenvalue weighted by Crippen LogP contribution is 2.32. The summed E-state index contributed by atoms with van der Waals surface area (Å²) < 4.78 is 31.2. The summed E-state index contributed by atoms with van der Waals surface area (Å²) in [6.07, 6.45) is 3.51. The molecule has 0 bridgehead atoms. The minimum Gasteiger partial charge on any atom is -0.493 e. The summed E-state index contributed by atoms with van der Waals surface area (Å²) in [6, 6.07) is 11.0. The number of ether oxygens (including phenoxy) is 1. The van der Waals surface area contributed by atoms with E-state index in [-0.39, 0.29) is 12.6 Å². The monoisotopic (exact) mass is 486 g/mol. The third-order valence-electron chi connectivity index (χ3n) is 6.20. The Bertz CT molecular complexity index is 1210. The molecule has 2 aromatic carbocycles. The fraction of sp³-hybridized carbons (Fsp3) is 0.417. The molecule has 1 atom stereocenters. The maximum atomic E-state index is 12.5. The summed E-state index contributed by atoms with van der Waals surface area (Å²) in [4.78, 5) is 27.1. The Morgan fingerprint density at radius 1 is 1.09 bits per heavy atom. The van der Waals surface area contributed by atoms with Crippen LogP contribution in [0.15, 0.2) is 36.4 Å². The van der Waals surface area contributed by atoms with Gasteiger partial charge in [-0.25, -0.2) is 8.42 Å². The van der Waals surface area contributed by atoms with Crippen molar-refractivity contribution in [2.24, 2.45) is 0 Å². The van der Waals surface area contributed by atoms with Crippen molar-refractivity contribution in [2.45, 2.75) is 25.3 Å². The van der Waals surface area contributed by atoms with E-state index in [1.165, 1.54) is 4.31 Å². The fourth-order valence-corrected chi connectivity index (χ4v) is 5.42. The van der Waals surface area contributed by atoms with Gasteiger partial charge in [-0.1, -0.05) is 18.2 Å². The van der Waals surface area contributed by atoms with Gasteiger partial charge in [0.15, 0.2) is 0 Å². The lowest BCUT2D eigenvalue weighted by Crippen LogP contribution is -2.40. The molecule has 0 aliphatic carbocycles. The maximum Gasteiger partial charge on any atom is 0.313 e. The van der Waals surface area contributed by atoms with E-state index in [1.54, 1.807) is 18.2 Å². The molecule has 2 amide bonds. The zero-order chi connectivity index (χ0) is 24.5. The number of amides is 2. The molecule has 0 spiro atoms. The van der Waals surface area contributed by atoms with Crippen LogP contribution in [0.4, 0.5) is 11.4 Å². The number of carbonyl (C=O) groups is 2. The van der Waals surface area contributed by atoms with E-state index in [2.05, 4.69) is 16.7 Å².